The molecule has 0 bridgehead atoms. The van der Waals surface area contributed by atoms with Crippen molar-refractivity contribution < 1.29 is 13.2 Å². The molecule has 2 heterocycles. The quantitative estimate of drug-likeness (QED) is 0.864. The molecule has 0 amide bonds. The van der Waals surface area contributed by atoms with Crippen LogP contribution in [-0.4, -0.2) is 44.6 Å². The Morgan fingerprint density at radius 2 is 2.29 bits per heavy atom. The van der Waals surface area contributed by atoms with Crippen molar-refractivity contribution in [1.82, 2.24) is 9.62 Å². The van der Waals surface area contributed by atoms with Crippen molar-refractivity contribution in [3.63, 3.8) is 0 Å². The van der Waals surface area contributed by atoms with E-state index in [9.17, 15) is 8.42 Å². The fraction of sp³-hybridized carbons (Fsp3) is 0.714. The molecular formula is C14H22N2O3S2. The highest BCUT2D eigenvalue weighted by Gasteiger charge is 2.31. The second-order valence-corrected chi connectivity index (χ2v) is 8.60. The van der Waals surface area contributed by atoms with Crippen molar-refractivity contribution in [3.05, 3.63) is 16.3 Å². The van der Waals surface area contributed by atoms with E-state index in [-0.39, 0.29) is 6.10 Å². The molecule has 21 heavy (non-hydrogen) atoms. The number of nitrogens with zero attached hydrogens (tertiary/aromatic N) is 1. The third-order valence-corrected chi connectivity index (χ3v) is 6.90. The van der Waals surface area contributed by atoms with Crippen LogP contribution >= 0.6 is 11.3 Å². The molecule has 1 aliphatic heterocycles. The summed E-state index contributed by atoms with van der Waals surface area (Å²) in [5, 5.41) is 5.17. The number of ether oxygens (including phenoxy) is 1. The summed E-state index contributed by atoms with van der Waals surface area (Å²) in [5.74, 6) is 0. The van der Waals surface area contributed by atoms with Gasteiger partial charge in [0.15, 0.2) is 0 Å². The summed E-state index contributed by atoms with van der Waals surface area (Å²) in [5.41, 5.74) is 0. The molecular weight excluding hydrogens is 308 g/mol. The van der Waals surface area contributed by atoms with E-state index in [0.29, 0.717) is 30.6 Å². The van der Waals surface area contributed by atoms with Crippen molar-refractivity contribution in [3.8, 4) is 0 Å². The van der Waals surface area contributed by atoms with Gasteiger partial charge in [0.25, 0.3) is 0 Å². The first-order valence-corrected chi connectivity index (χ1v) is 9.84. The summed E-state index contributed by atoms with van der Waals surface area (Å²) in [6.07, 6.45) is 3.33. The van der Waals surface area contributed by atoms with E-state index in [1.165, 1.54) is 24.2 Å². The second-order valence-electron chi connectivity index (χ2n) is 5.67. The zero-order valence-electron chi connectivity index (χ0n) is 12.2. The van der Waals surface area contributed by atoms with E-state index >= 15 is 0 Å². The number of nitrogens with one attached hydrogen (secondary N) is 1. The van der Waals surface area contributed by atoms with Gasteiger partial charge in [-0.2, -0.15) is 4.31 Å². The Bertz CT molecular complexity index is 581. The Hall–Kier alpha value is -0.470. The van der Waals surface area contributed by atoms with Crippen LogP contribution in [-0.2, 0) is 21.3 Å². The number of thiophene rings is 1. The van der Waals surface area contributed by atoms with Crippen LogP contribution < -0.4 is 5.32 Å². The van der Waals surface area contributed by atoms with Crippen LogP contribution in [0.25, 0.3) is 0 Å². The lowest BCUT2D eigenvalue weighted by molar-refractivity contribution is -0.00277. The normalized spacial score (nSPS) is 24.3. The standard InChI is InChI=1S/C14H22N2O3S2/c1-2-12-9-16(5-6-19-12)21(17,18)14-7-13(20-10-14)8-15-11-3-4-11/h7,10-12,15H,2-6,8-9H2,1H3. The molecule has 2 aliphatic rings. The molecule has 1 atom stereocenters. The molecule has 1 saturated heterocycles. The van der Waals surface area contributed by atoms with Crippen LogP contribution in [0.2, 0.25) is 0 Å². The molecule has 7 heteroatoms. The number of sulfonamides is 1. The highest BCUT2D eigenvalue weighted by Crippen LogP contribution is 2.26. The molecule has 5 nitrogen and oxygen atoms in total. The molecule has 2 fully saturated rings. The molecule has 118 valence electrons. The van der Waals surface area contributed by atoms with E-state index in [1.807, 2.05) is 13.0 Å². The lowest BCUT2D eigenvalue weighted by Crippen LogP contribution is -2.45. The van der Waals surface area contributed by atoms with Crippen molar-refractivity contribution in [1.29, 1.82) is 0 Å². The summed E-state index contributed by atoms with van der Waals surface area (Å²) in [7, 11) is -3.37. The minimum Gasteiger partial charge on any atom is -0.375 e. The van der Waals surface area contributed by atoms with Crippen molar-refractivity contribution in [2.45, 2.75) is 49.8 Å². The Morgan fingerprint density at radius 1 is 1.48 bits per heavy atom. The van der Waals surface area contributed by atoms with E-state index in [1.54, 1.807) is 9.69 Å². The molecule has 1 aromatic heterocycles. The molecule has 1 N–H and O–H groups in total. The van der Waals surface area contributed by atoms with Gasteiger partial charge in [-0.05, 0) is 25.3 Å². The first kappa shape index (κ1) is 15.4. The molecule has 1 unspecified atom stereocenters. The Morgan fingerprint density at radius 3 is 3.00 bits per heavy atom. The van der Waals surface area contributed by atoms with Gasteiger partial charge in [-0.15, -0.1) is 11.3 Å². The maximum Gasteiger partial charge on any atom is 0.244 e. The van der Waals surface area contributed by atoms with Crippen LogP contribution in [0.4, 0.5) is 0 Å². The zero-order chi connectivity index (χ0) is 14.9. The minimum absolute atomic E-state index is 0.0168. The molecule has 1 aromatic rings. The summed E-state index contributed by atoms with van der Waals surface area (Å²) >= 11 is 1.52. The van der Waals surface area contributed by atoms with Crippen LogP contribution in [0.5, 0.6) is 0 Å². The fourth-order valence-electron chi connectivity index (χ4n) is 2.43. The minimum atomic E-state index is -3.37. The first-order chi connectivity index (χ1) is 10.1. The highest BCUT2D eigenvalue weighted by atomic mass is 32.2. The van der Waals surface area contributed by atoms with Gasteiger partial charge in [0.1, 0.15) is 0 Å². The van der Waals surface area contributed by atoms with Gasteiger partial charge in [-0.3, -0.25) is 0 Å². The van der Waals surface area contributed by atoms with Crippen molar-refractivity contribution in [2.24, 2.45) is 0 Å². The van der Waals surface area contributed by atoms with Gasteiger partial charge in [-0.25, -0.2) is 8.42 Å². The van der Waals surface area contributed by atoms with E-state index in [0.717, 1.165) is 17.8 Å². The van der Waals surface area contributed by atoms with Crippen molar-refractivity contribution >= 4 is 21.4 Å². The Balaban J connectivity index is 1.68. The Kier molecular flexibility index (Phi) is 4.66. The maximum atomic E-state index is 12.7. The number of hydrogen-bond donors (Lipinski definition) is 1. The van der Waals surface area contributed by atoms with Gasteiger partial charge in [-0.1, -0.05) is 6.92 Å². The summed E-state index contributed by atoms with van der Waals surface area (Å²) < 4.78 is 32.5. The average molecular weight is 330 g/mol. The summed E-state index contributed by atoms with van der Waals surface area (Å²) in [6, 6.07) is 2.45. The van der Waals surface area contributed by atoms with Gasteiger partial charge < -0.3 is 10.1 Å². The van der Waals surface area contributed by atoms with Gasteiger partial charge >= 0.3 is 0 Å². The monoisotopic (exact) mass is 330 g/mol. The van der Waals surface area contributed by atoms with Crippen LogP contribution in [0.15, 0.2) is 16.3 Å². The molecule has 1 aliphatic carbocycles. The van der Waals surface area contributed by atoms with Gasteiger partial charge in [0.2, 0.25) is 10.0 Å². The maximum absolute atomic E-state index is 12.7. The average Bonchev–Trinajstić information content (AvgIpc) is 3.21. The van der Waals surface area contributed by atoms with E-state index < -0.39 is 10.0 Å². The van der Waals surface area contributed by atoms with E-state index in [4.69, 9.17) is 4.74 Å². The highest BCUT2D eigenvalue weighted by molar-refractivity contribution is 7.89. The molecule has 0 spiro atoms. The zero-order valence-corrected chi connectivity index (χ0v) is 13.9. The van der Waals surface area contributed by atoms with Crippen LogP contribution in [0, 0.1) is 0 Å². The Labute approximate surface area is 130 Å². The summed E-state index contributed by atoms with van der Waals surface area (Å²) in [4.78, 5) is 1.51. The second kappa shape index (κ2) is 6.34. The van der Waals surface area contributed by atoms with Gasteiger partial charge in [0, 0.05) is 35.9 Å². The third kappa shape index (κ3) is 3.65. The van der Waals surface area contributed by atoms with Gasteiger partial charge in [0.05, 0.1) is 17.6 Å². The molecule has 3 rings (SSSR count). The molecule has 1 saturated carbocycles. The van der Waals surface area contributed by atoms with Crippen molar-refractivity contribution in [2.75, 3.05) is 19.7 Å². The lowest BCUT2D eigenvalue weighted by Gasteiger charge is -2.31. The smallest absolute Gasteiger partial charge is 0.244 e. The first-order valence-electron chi connectivity index (χ1n) is 7.52. The predicted molar refractivity (Wildman–Crippen MR) is 83.0 cm³/mol. The lowest BCUT2D eigenvalue weighted by atomic mass is 10.2. The molecule has 0 radical (unpaired) electrons. The largest absolute Gasteiger partial charge is 0.375 e. The topological polar surface area (TPSA) is 58.6 Å². The molecule has 0 aromatic carbocycles. The number of hydrogen-bond acceptors (Lipinski definition) is 5. The third-order valence-electron chi connectivity index (χ3n) is 3.97. The predicted octanol–water partition coefficient (Wildman–Crippen LogP) is 1.80. The fourth-order valence-corrected chi connectivity index (χ4v) is 5.10. The SMILES string of the molecule is CCC1CN(S(=O)(=O)c2csc(CNC3CC3)c2)CCO1. The number of morpholine rings is 1. The summed E-state index contributed by atoms with van der Waals surface area (Å²) in [6.45, 7) is 4.19. The number of rotatable bonds is 6. The van der Waals surface area contributed by atoms with E-state index in [2.05, 4.69) is 5.32 Å². The van der Waals surface area contributed by atoms with Crippen LogP contribution in [0.1, 0.15) is 31.1 Å². The van der Waals surface area contributed by atoms with Crippen LogP contribution in [0.3, 0.4) is 0 Å².